The van der Waals surface area contributed by atoms with E-state index in [4.69, 9.17) is 0 Å². The molecule has 3 aromatic rings. The number of pyridine rings is 1. The molecule has 3 heteroatoms. The molecule has 0 unspecified atom stereocenters. The number of hydrogen-bond donors (Lipinski definition) is 1. The average Bonchev–Trinajstić information content (AvgIpc) is 2.76. The SMILES string of the molecule is Cc1cccc2nc(Cc3ccccc3O)cn12. The molecular formula is C15H14N2O. The van der Waals surface area contributed by atoms with Crippen LogP contribution in [0.5, 0.6) is 5.75 Å². The number of para-hydroxylation sites is 1. The Morgan fingerprint density at radius 1 is 1.11 bits per heavy atom. The quantitative estimate of drug-likeness (QED) is 0.745. The number of aromatic hydroxyl groups is 1. The first-order valence-corrected chi connectivity index (χ1v) is 5.94. The lowest BCUT2D eigenvalue weighted by atomic mass is 10.1. The molecule has 18 heavy (non-hydrogen) atoms. The zero-order chi connectivity index (χ0) is 12.5. The first-order valence-electron chi connectivity index (χ1n) is 5.94. The van der Waals surface area contributed by atoms with Gasteiger partial charge in [0.05, 0.1) is 5.69 Å². The average molecular weight is 238 g/mol. The monoisotopic (exact) mass is 238 g/mol. The van der Waals surface area contributed by atoms with E-state index in [2.05, 4.69) is 22.4 Å². The maximum atomic E-state index is 9.77. The zero-order valence-electron chi connectivity index (χ0n) is 10.2. The standard InChI is InChI=1S/C15H14N2O/c1-11-5-4-8-15-16-13(10-17(11)15)9-12-6-2-3-7-14(12)18/h2-8,10,18H,9H2,1H3. The summed E-state index contributed by atoms with van der Waals surface area (Å²) < 4.78 is 2.06. The van der Waals surface area contributed by atoms with Gasteiger partial charge in [0.1, 0.15) is 11.4 Å². The highest BCUT2D eigenvalue weighted by atomic mass is 16.3. The van der Waals surface area contributed by atoms with Crippen LogP contribution in [0.4, 0.5) is 0 Å². The van der Waals surface area contributed by atoms with E-state index in [1.165, 1.54) is 0 Å². The summed E-state index contributed by atoms with van der Waals surface area (Å²) in [7, 11) is 0. The Morgan fingerprint density at radius 3 is 2.72 bits per heavy atom. The van der Waals surface area contributed by atoms with Gasteiger partial charge in [0, 0.05) is 18.3 Å². The molecule has 0 aliphatic rings. The first kappa shape index (κ1) is 10.8. The summed E-state index contributed by atoms with van der Waals surface area (Å²) in [6, 6.07) is 13.4. The lowest BCUT2D eigenvalue weighted by molar-refractivity contribution is 0.469. The van der Waals surface area contributed by atoms with Gasteiger partial charge in [0.15, 0.2) is 0 Å². The third-order valence-corrected chi connectivity index (χ3v) is 3.11. The third kappa shape index (κ3) is 1.84. The highest BCUT2D eigenvalue weighted by molar-refractivity contribution is 5.43. The predicted octanol–water partition coefficient (Wildman–Crippen LogP) is 2.94. The molecule has 0 atom stereocenters. The van der Waals surface area contributed by atoms with Gasteiger partial charge in [-0.05, 0) is 30.7 Å². The van der Waals surface area contributed by atoms with E-state index in [1.807, 2.05) is 36.5 Å². The minimum absolute atomic E-state index is 0.325. The van der Waals surface area contributed by atoms with E-state index in [9.17, 15) is 5.11 Å². The lowest BCUT2D eigenvalue weighted by Crippen LogP contribution is -1.88. The second-order valence-electron chi connectivity index (χ2n) is 4.43. The Kier molecular flexibility index (Phi) is 2.52. The molecule has 0 aliphatic heterocycles. The molecule has 0 saturated heterocycles. The van der Waals surface area contributed by atoms with Crippen LogP contribution >= 0.6 is 0 Å². The van der Waals surface area contributed by atoms with Crippen LogP contribution in [0.2, 0.25) is 0 Å². The number of hydrogen-bond acceptors (Lipinski definition) is 2. The van der Waals surface area contributed by atoms with Gasteiger partial charge >= 0.3 is 0 Å². The number of aromatic nitrogens is 2. The van der Waals surface area contributed by atoms with Crippen molar-refractivity contribution in [2.75, 3.05) is 0 Å². The number of aryl methyl sites for hydroxylation is 1. The van der Waals surface area contributed by atoms with Crippen molar-refractivity contribution in [1.29, 1.82) is 0 Å². The molecule has 3 rings (SSSR count). The number of phenols is 1. The summed E-state index contributed by atoms with van der Waals surface area (Å²) in [5.74, 6) is 0.325. The van der Waals surface area contributed by atoms with E-state index >= 15 is 0 Å². The fourth-order valence-corrected chi connectivity index (χ4v) is 2.14. The van der Waals surface area contributed by atoms with Gasteiger partial charge in [-0.2, -0.15) is 0 Å². The number of imidazole rings is 1. The van der Waals surface area contributed by atoms with Gasteiger partial charge in [0.25, 0.3) is 0 Å². The highest BCUT2D eigenvalue weighted by Gasteiger charge is 2.06. The van der Waals surface area contributed by atoms with Gasteiger partial charge in [-0.15, -0.1) is 0 Å². The normalized spacial score (nSPS) is 10.9. The van der Waals surface area contributed by atoms with E-state index in [0.717, 1.165) is 22.6 Å². The van der Waals surface area contributed by atoms with Crippen LogP contribution in [0.25, 0.3) is 5.65 Å². The summed E-state index contributed by atoms with van der Waals surface area (Å²) in [6.45, 7) is 2.05. The van der Waals surface area contributed by atoms with Crippen LogP contribution in [0.1, 0.15) is 17.0 Å². The van der Waals surface area contributed by atoms with Crippen molar-refractivity contribution in [3.05, 3.63) is 65.6 Å². The minimum Gasteiger partial charge on any atom is -0.508 e. The largest absolute Gasteiger partial charge is 0.508 e. The van der Waals surface area contributed by atoms with Crippen molar-refractivity contribution in [3.8, 4) is 5.75 Å². The third-order valence-electron chi connectivity index (χ3n) is 3.11. The van der Waals surface area contributed by atoms with Gasteiger partial charge in [0.2, 0.25) is 0 Å². The summed E-state index contributed by atoms with van der Waals surface area (Å²) in [6.07, 6.45) is 2.67. The summed E-state index contributed by atoms with van der Waals surface area (Å²) in [4.78, 5) is 4.56. The van der Waals surface area contributed by atoms with Crippen LogP contribution in [-0.4, -0.2) is 14.5 Å². The van der Waals surface area contributed by atoms with Crippen LogP contribution in [0.3, 0.4) is 0 Å². The first-order chi connectivity index (χ1) is 8.74. The molecule has 90 valence electrons. The van der Waals surface area contributed by atoms with Crippen molar-refractivity contribution < 1.29 is 5.11 Å². The molecule has 1 aromatic carbocycles. The molecule has 0 aliphatic carbocycles. The van der Waals surface area contributed by atoms with Crippen LogP contribution in [0, 0.1) is 6.92 Å². The van der Waals surface area contributed by atoms with Crippen LogP contribution in [-0.2, 0) is 6.42 Å². The summed E-state index contributed by atoms with van der Waals surface area (Å²) >= 11 is 0. The molecule has 1 N–H and O–H groups in total. The molecule has 0 fully saturated rings. The molecule has 0 radical (unpaired) electrons. The Balaban J connectivity index is 2.01. The van der Waals surface area contributed by atoms with Gasteiger partial charge in [-0.1, -0.05) is 24.3 Å². The summed E-state index contributed by atoms with van der Waals surface area (Å²) in [5, 5.41) is 9.77. The lowest BCUT2D eigenvalue weighted by Gasteiger charge is -2.00. The maximum absolute atomic E-state index is 9.77. The minimum atomic E-state index is 0.325. The Bertz CT molecular complexity index is 701. The molecule has 2 heterocycles. The number of rotatable bonds is 2. The highest BCUT2D eigenvalue weighted by Crippen LogP contribution is 2.19. The molecule has 3 nitrogen and oxygen atoms in total. The molecule has 0 bridgehead atoms. The van der Waals surface area contributed by atoms with E-state index in [-0.39, 0.29) is 0 Å². The predicted molar refractivity (Wildman–Crippen MR) is 70.8 cm³/mol. The van der Waals surface area contributed by atoms with Crippen molar-refractivity contribution in [2.45, 2.75) is 13.3 Å². The van der Waals surface area contributed by atoms with E-state index in [0.29, 0.717) is 12.2 Å². The summed E-state index contributed by atoms with van der Waals surface area (Å²) in [5.41, 5.74) is 3.97. The van der Waals surface area contributed by atoms with E-state index in [1.54, 1.807) is 6.07 Å². The number of benzene rings is 1. The molecule has 0 amide bonds. The second-order valence-corrected chi connectivity index (χ2v) is 4.43. The fourth-order valence-electron chi connectivity index (χ4n) is 2.14. The number of nitrogens with zero attached hydrogens (tertiary/aromatic N) is 2. The number of fused-ring (bicyclic) bond motifs is 1. The molecule has 0 saturated carbocycles. The smallest absolute Gasteiger partial charge is 0.137 e. The van der Waals surface area contributed by atoms with Gasteiger partial charge < -0.3 is 9.51 Å². The molecular weight excluding hydrogens is 224 g/mol. The van der Waals surface area contributed by atoms with Gasteiger partial charge in [-0.25, -0.2) is 4.98 Å². The van der Waals surface area contributed by atoms with Crippen LogP contribution in [0.15, 0.2) is 48.7 Å². The maximum Gasteiger partial charge on any atom is 0.137 e. The van der Waals surface area contributed by atoms with Crippen LogP contribution < -0.4 is 0 Å². The topological polar surface area (TPSA) is 37.5 Å². The van der Waals surface area contributed by atoms with Crippen molar-refractivity contribution >= 4 is 5.65 Å². The zero-order valence-corrected chi connectivity index (χ0v) is 10.2. The van der Waals surface area contributed by atoms with E-state index < -0.39 is 0 Å². The second kappa shape index (κ2) is 4.18. The van der Waals surface area contributed by atoms with Crippen molar-refractivity contribution in [2.24, 2.45) is 0 Å². The Labute approximate surface area is 105 Å². The molecule has 0 spiro atoms. The van der Waals surface area contributed by atoms with Crippen molar-refractivity contribution in [1.82, 2.24) is 9.38 Å². The Morgan fingerprint density at radius 2 is 1.94 bits per heavy atom. The Hall–Kier alpha value is -2.29. The number of phenolic OH excluding ortho intramolecular Hbond substituents is 1. The van der Waals surface area contributed by atoms with Gasteiger partial charge in [-0.3, -0.25) is 0 Å². The molecule has 2 aromatic heterocycles. The fraction of sp³-hybridized carbons (Fsp3) is 0.133. The van der Waals surface area contributed by atoms with Crippen molar-refractivity contribution in [3.63, 3.8) is 0 Å².